The van der Waals surface area contributed by atoms with Crippen molar-refractivity contribution in [2.24, 2.45) is 15.4 Å². The second-order valence-corrected chi connectivity index (χ2v) is 8.38. The molecule has 1 amide bonds. The second-order valence-electron chi connectivity index (χ2n) is 8.38. The standard InChI is InChI=1S/C25H50N4O3/c1-4-31-22-23-32-21-20-27-25(30)19-17-15-13-11-9-7-5-6-8-10-12-14-16-18-24(2)28-29-26-3/h4-23H2,1-3H3,(H,27,30)/b28-24+,29-26-. The normalized spacial score (nSPS) is 12.0. The van der Waals surface area contributed by atoms with Crippen molar-refractivity contribution in [2.75, 3.05) is 40.0 Å². The molecule has 0 aromatic heterocycles. The van der Waals surface area contributed by atoms with E-state index in [-0.39, 0.29) is 5.91 Å². The number of hydrogen-bond acceptors (Lipinski definition) is 5. The molecule has 0 aliphatic carbocycles. The third-order valence-electron chi connectivity index (χ3n) is 5.39. The van der Waals surface area contributed by atoms with Gasteiger partial charge in [-0.15, -0.1) is 5.10 Å². The summed E-state index contributed by atoms with van der Waals surface area (Å²) < 4.78 is 10.6. The molecule has 32 heavy (non-hydrogen) atoms. The molecule has 0 saturated carbocycles. The van der Waals surface area contributed by atoms with Crippen LogP contribution < -0.4 is 5.32 Å². The molecule has 0 aliphatic heterocycles. The van der Waals surface area contributed by atoms with E-state index in [2.05, 4.69) is 20.8 Å². The van der Waals surface area contributed by atoms with Gasteiger partial charge in [-0.3, -0.25) is 4.79 Å². The molecule has 188 valence electrons. The fourth-order valence-corrected chi connectivity index (χ4v) is 3.50. The van der Waals surface area contributed by atoms with Gasteiger partial charge >= 0.3 is 0 Å². The molecule has 7 heteroatoms. The Morgan fingerprint density at radius 1 is 0.719 bits per heavy atom. The lowest BCUT2D eigenvalue weighted by Crippen LogP contribution is -2.27. The first-order valence-electron chi connectivity index (χ1n) is 12.9. The van der Waals surface area contributed by atoms with E-state index in [1.807, 2.05) is 13.8 Å². The van der Waals surface area contributed by atoms with Crippen LogP contribution in [0, 0.1) is 0 Å². The minimum atomic E-state index is 0.143. The molecule has 0 aromatic rings. The summed E-state index contributed by atoms with van der Waals surface area (Å²) >= 11 is 0. The first-order valence-corrected chi connectivity index (χ1v) is 12.9. The maximum atomic E-state index is 11.8. The zero-order valence-corrected chi connectivity index (χ0v) is 21.2. The van der Waals surface area contributed by atoms with Crippen LogP contribution in [0.4, 0.5) is 0 Å². The van der Waals surface area contributed by atoms with Gasteiger partial charge in [-0.2, -0.15) is 5.11 Å². The summed E-state index contributed by atoms with van der Waals surface area (Å²) in [5.41, 5.74) is 1.08. The Kier molecular flexibility index (Phi) is 24.8. The molecule has 0 unspecified atom stereocenters. The minimum Gasteiger partial charge on any atom is -0.379 e. The molecule has 0 aliphatic rings. The highest BCUT2D eigenvalue weighted by atomic mass is 16.5. The van der Waals surface area contributed by atoms with Gasteiger partial charge in [0.25, 0.3) is 0 Å². The van der Waals surface area contributed by atoms with Crippen molar-refractivity contribution >= 4 is 11.6 Å². The van der Waals surface area contributed by atoms with Crippen LogP contribution in [0.25, 0.3) is 0 Å². The van der Waals surface area contributed by atoms with Crippen molar-refractivity contribution in [3.8, 4) is 0 Å². The fourth-order valence-electron chi connectivity index (χ4n) is 3.50. The zero-order valence-electron chi connectivity index (χ0n) is 21.2. The third-order valence-corrected chi connectivity index (χ3v) is 5.39. The number of nitrogens with one attached hydrogen (secondary N) is 1. The minimum absolute atomic E-state index is 0.143. The number of carbonyl (C=O) groups is 1. The number of nitrogens with zero attached hydrogens (tertiary/aromatic N) is 3. The highest BCUT2D eigenvalue weighted by molar-refractivity contribution is 5.81. The Hall–Kier alpha value is -1.34. The van der Waals surface area contributed by atoms with Gasteiger partial charge in [-0.25, -0.2) is 0 Å². The highest BCUT2D eigenvalue weighted by Crippen LogP contribution is 2.13. The summed E-state index contributed by atoms with van der Waals surface area (Å²) in [4.78, 5) is 11.8. The predicted octanol–water partition coefficient (Wildman–Crippen LogP) is 6.47. The van der Waals surface area contributed by atoms with Crippen LogP contribution in [0.15, 0.2) is 15.4 Å². The van der Waals surface area contributed by atoms with E-state index in [1.54, 1.807) is 7.05 Å². The van der Waals surface area contributed by atoms with Crippen LogP contribution in [0.3, 0.4) is 0 Å². The molecule has 0 aromatic carbocycles. The third kappa shape index (κ3) is 24.9. The van der Waals surface area contributed by atoms with Crippen LogP contribution in [-0.2, 0) is 14.3 Å². The highest BCUT2D eigenvalue weighted by Gasteiger charge is 2.01. The van der Waals surface area contributed by atoms with Crippen LogP contribution >= 0.6 is 0 Å². The van der Waals surface area contributed by atoms with E-state index < -0.39 is 0 Å². The molecule has 0 heterocycles. The number of amides is 1. The Bertz CT molecular complexity index is 470. The number of ether oxygens (including phenoxy) is 2. The predicted molar refractivity (Wildman–Crippen MR) is 133 cm³/mol. The molecule has 7 nitrogen and oxygen atoms in total. The Labute approximate surface area is 197 Å². The van der Waals surface area contributed by atoms with E-state index in [1.165, 1.54) is 70.6 Å². The molecule has 0 spiro atoms. The number of rotatable bonds is 24. The molecule has 0 radical (unpaired) electrons. The average Bonchev–Trinajstić information content (AvgIpc) is 2.79. The Morgan fingerprint density at radius 2 is 1.22 bits per heavy atom. The van der Waals surface area contributed by atoms with Crippen molar-refractivity contribution in [3.05, 3.63) is 0 Å². The average molecular weight is 455 g/mol. The van der Waals surface area contributed by atoms with E-state index >= 15 is 0 Å². The molecular formula is C25H50N4O3. The van der Waals surface area contributed by atoms with Crippen molar-refractivity contribution in [3.63, 3.8) is 0 Å². The van der Waals surface area contributed by atoms with E-state index in [0.29, 0.717) is 39.4 Å². The first kappa shape index (κ1) is 30.7. The number of carbonyl (C=O) groups excluding carboxylic acids is 1. The Balaban J connectivity index is 3.21. The van der Waals surface area contributed by atoms with Gasteiger partial charge in [0.05, 0.1) is 26.9 Å². The monoisotopic (exact) mass is 454 g/mol. The summed E-state index contributed by atoms with van der Waals surface area (Å²) in [6.45, 7) is 7.06. The maximum Gasteiger partial charge on any atom is 0.220 e. The lowest BCUT2D eigenvalue weighted by atomic mass is 10.0. The topological polar surface area (TPSA) is 84.6 Å². The van der Waals surface area contributed by atoms with Gasteiger partial charge in [0.1, 0.15) is 0 Å². The van der Waals surface area contributed by atoms with Crippen LogP contribution in [0.1, 0.15) is 110 Å². The van der Waals surface area contributed by atoms with Crippen LogP contribution in [-0.4, -0.2) is 51.6 Å². The van der Waals surface area contributed by atoms with Gasteiger partial charge < -0.3 is 14.8 Å². The summed E-state index contributed by atoms with van der Waals surface area (Å²) in [5, 5.41) is 14.2. The SMILES string of the molecule is CCOCCOCCNC(=O)CCCCCCCCCCCCCCC/C(C)=N/N=N\C. The van der Waals surface area contributed by atoms with Crippen molar-refractivity contribution in [1.29, 1.82) is 0 Å². The van der Waals surface area contributed by atoms with E-state index in [9.17, 15) is 4.79 Å². The maximum absolute atomic E-state index is 11.8. The van der Waals surface area contributed by atoms with Gasteiger partial charge in [0.15, 0.2) is 0 Å². The molecular weight excluding hydrogens is 404 g/mol. The van der Waals surface area contributed by atoms with Gasteiger partial charge in [-0.05, 0) is 33.1 Å². The summed E-state index contributed by atoms with van der Waals surface area (Å²) in [7, 11) is 1.64. The van der Waals surface area contributed by atoms with Crippen molar-refractivity contribution in [1.82, 2.24) is 5.32 Å². The molecule has 0 atom stereocenters. The second kappa shape index (κ2) is 25.9. The van der Waals surface area contributed by atoms with Gasteiger partial charge in [0, 0.05) is 25.3 Å². The lowest BCUT2D eigenvalue weighted by molar-refractivity contribution is -0.121. The van der Waals surface area contributed by atoms with Crippen molar-refractivity contribution < 1.29 is 14.3 Å². The molecule has 0 bridgehead atoms. The Morgan fingerprint density at radius 3 is 1.75 bits per heavy atom. The van der Waals surface area contributed by atoms with Gasteiger partial charge in [-0.1, -0.05) is 75.9 Å². The van der Waals surface area contributed by atoms with E-state index in [4.69, 9.17) is 9.47 Å². The lowest BCUT2D eigenvalue weighted by Gasteiger charge is -2.07. The largest absolute Gasteiger partial charge is 0.379 e. The number of unbranched alkanes of at least 4 members (excludes halogenated alkanes) is 12. The smallest absolute Gasteiger partial charge is 0.220 e. The van der Waals surface area contributed by atoms with Crippen LogP contribution in [0.2, 0.25) is 0 Å². The molecule has 0 rings (SSSR count). The van der Waals surface area contributed by atoms with Crippen molar-refractivity contribution in [2.45, 2.75) is 110 Å². The molecule has 0 saturated heterocycles. The van der Waals surface area contributed by atoms with E-state index in [0.717, 1.165) is 25.0 Å². The first-order chi connectivity index (χ1) is 15.7. The summed E-state index contributed by atoms with van der Waals surface area (Å²) in [6.07, 6.45) is 18.3. The summed E-state index contributed by atoms with van der Waals surface area (Å²) in [6, 6.07) is 0. The number of hydrogen-bond donors (Lipinski definition) is 1. The fraction of sp³-hybridized carbons (Fsp3) is 0.920. The van der Waals surface area contributed by atoms with Crippen LogP contribution in [0.5, 0.6) is 0 Å². The zero-order chi connectivity index (χ0) is 23.5. The molecule has 1 N–H and O–H groups in total. The quantitative estimate of drug-likeness (QED) is 0.0785. The summed E-state index contributed by atoms with van der Waals surface area (Å²) in [5.74, 6) is 0.143. The molecule has 0 fully saturated rings. The van der Waals surface area contributed by atoms with Gasteiger partial charge in [0.2, 0.25) is 5.91 Å².